The van der Waals surface area contributed by atoms with Gasteiger partial charge in [-0.05, 0) is 47.2 Å². The Morgan fingerprint density at radius 3 is 2.21 bits per heavy atom. The van der Waals surface area contributed by atoms with E-state index >= 15 is 0 Å². The zero-order valence-electron chi connectivity index (χ0n) is 17.7. The van der Waals surface area contributed by atoms with E-state index in [1.54, 1.807) is 7.11 Å². The quantitative estimate of drug-likeness (QED) is 0.745. The average Bonchev–Trinajstić information content (AvgIpc) is 3.01. The highest BCUT2D eigenvalue weighted by molar-refractivity contribution is 5.81. The third-order valence-electron chi connectivity index (χ3n) is 5.58. The number of likely N-dealkylation sites (N-methyl/N-ethyl adjacent to an activating group) is 1. The summed E-state index contributed by atoms with van der Waals surface area (Å²) in [5, 5.41) is 0. The number of ether oxygens (including phenoxy) is 1. The van der Waals surface area contributed by atoms with Crippen molar-refractivity contribution in [1.82, 2.24) is 9.80 Å². The van der Waals surface area contributed by atoms with Crippen LogP contribution in [0.2, 0.25) is 0 Å². The second-order valence-corrected chi connectivity index (χ2v) is 8.49. The van der Waals surface area contributed by atoms with Crippen molar-refractivity contribution in [3.8, 4) is 5.75 Å². The molecular formula is C24H32N2O2. The molecule has 1 saturated heterocycles. The molecule has 150 valence electrons. The molecule has 0 saturated carbocycles. The Balaban J connectivity index is 1.78. The Bertz CT molecular complexity index is 791. The highest BCUT2D eigenvalue weighted by Crippen LogP contribution is 2.32. The van der Waals surface area contributed by atoms with Gasteiger partial charge in [0.25, 0.3) is 0 Å². The number of nitrogens with zero attached hydrogens (tertiary/aromatic N) is 2. The van der Waals surface area contributed by atoms with Gasteiger partial charge in [-0.1, -0.05) is 64.1 Å². The van der Waals surface area contributed by atoms with Gasteiger partial charge in [-0.15, -0.1) is 0 Å². The minimum Gasteiger partial charge on any atom is -0.497 e. The molecule has 4 heteroatoms. The van der Waals surface area contributed by atoms with E-state index in [0.717, 1.165) is 18.7 Å². The number of benzene rings is 2. The summed E-state index contributed by atoms with van der Waals surface area (Å²) in [6.45, 7) is 10.9. The van der Waals surface area contributed by atoms with Gasteiger partial charge in [0, 0.05) is 6.54 Å². The summed E-state index contributed by atoms with van der Waals surface area (Å²) in [6, 6.07) is 16.9. The molecule has 1 amide bonds. The number of carbonyl (C=O) groups is 1. The van der Waals surface area contributed by atoms with Crippen molar-refractivity contribution in [1.29, 1.82) is 0 Å². The standard InChI is InChI=1S/C24H32N2O2/c1-6-25-17-22(27)26(16-15-18-7-13-21(28-5)14-8-18)23(25)19-9-11-20(12-10-19)24(2,3)4/h7-14,23H,6,15-17H2,1-5H3. The normalized spacial score (nSPS) is 18.0. The van der Waals surface area contributed by atoms with E-state index in [-0.39, 0.29) is 17.5 Å². The molecule has 0 bridgehead atoms. The molecule has 1 fully saturated rings. The fraction of sp³-hybridized carbons (Fsp3) is 0.458. The van der Waals surface area contributed by atoms with Gasteiger partial charge in [0.2, 0.25) is 5.91 Å². The van der Waals surface area contributed by atoms with E-state index in [1.165, 1.54) is 16.7 Å². The zero-order valence-corrected chi connectivity index (χ0v) is 17.7. The minimum absolute atomic E-state index is 0.0183. The van der Waals surface area contributed by atoms with Crippen LogP contribution < -0.4 is 4.74 Å². The van der Waals surface area contributed by atoms with Gasteiger partial charge < -0.3 is 9.64 Å². The molecule has 3 rings (SSSR count). The maximum absolute atomic E-state index is 12.7. The molecule has 0 radical (unpaired) electrons. The lowest BCUT2D eigenvalue weighted by Crippen LogP contribution is -2.33. The molecule has 1 unspecified atom stereocenters. The third kappa shape index (κ3) is 4.39. The summed E-state index contributed by atoms with van der Waals surface area (Å²) in [6.07, 6.45) is 0.855. The summed E-state index contributed by atoms with van der Waals surface area (Å²) in [7, 11) is 1.67. The second kappa shape index (κ2) is 8.36. The van der Waals surface area contributed by atoms with Crippen LogP contribution in [0.5, 0.6) is 5.75 Å². The molecule has 1 aliphatic heterocycles. The first kappa shape index (κ1) is 20.4. The van der Waals surface area contributed by atoms with Crippen molar-refractivity contribution in [2.75, 3.05) is 26.7 Å². The minimum atomic E-state index is 0.0183. The first-order chi connectivity index (χ1) is 13.3. The van der Waals surface area contributed by atoms with E-state index in [4.69, 9.17) is 4.74 Å². The SMILES string of the molecule is CCN1CC(=O)N(CCc2ccc(OC)cc2)C1c1ccc(C(C)(C)C)cc1. The van der Waals surface area contributed by atoms with E-state index in [0.29, 0.717) is 13.1 Å². The molecule has 0 aliphatic carbocycles. The van der Waals surface area contributed by atoms with Gasteiger partial charge in [-0.3, -0.25) is 9.69 Å². The van der Waals surface area contributed by atoms with E-state index < -0.39 is 0 Å². The molecule has 2 aromatic carbocycles. The van der Waals surface area contributed by atoms with Crippen molar-refractivity contribution in [3.05, 3.63) is 65.2 Å². The lowest BCUT2D eigenvalue weighted by molar-refractivity contribution is -0.128. The zero-order chi connectivity index (χ0) is 20.3. The van der Waals surface area contributed by atoms with Crippen LogP contribution in [0, 0.1) is 0 Å². The van der Waals surface area contributed by atoms with E-state index in [1.807, 2.05) is 17.0 Å². The molecule has 4 nitrogen and oxygen atoms in total. The van der Waals surface area contributed by atoms with E-state index in [2.05, 4.69) is 69.0 Å². The molecule has 28 heavy (non-hydrogen) atoms. The summed E-state index contributed by atoms with van der Waals surface area (Å²) in [5.41, 5.74) is 3.84. The second-order valence-electron chi connectivity index (χ2n) is 8.49. The van der Waals surface area contributed by atoms with Gasteiger partial charge in [0.05, 0.1) is 13.7 Å². The van der Waals surface area contributed by atoms with Gasteiger partial charge in [0.15, 0.2) is 0 Å². The van der Waals surface area contributed by atoms with Gasteiger partial charge in [-0.2, -0.15) is 0 Å². The Morgan fingerprint density at radius 2 is 1.68 bits per heavy atom. The van der Waals surface area contributed by atoms with Gasteiger partial charge in [0.1, 0.15) is 11.9 Å². The van der Waals surface area contributed by atoms with Crippen LogP contribution in [-0.2, 0) is 16.6 Å². The van der Waals surface area contributed by atoms with Crippen molar-refractivity contribution in [2.45, 2.75) is 45.7 Å². The number of rotatable bonds is 6. The number of amides is 1. The van der Waals surface area contributed by atoms with Crippen LogP contribution in [0.1, 0.15) is 50.6 Å². The van der Waals surface area contributed by atoms with Crippen molar-refractivity contribution in [2.24, 2.45) is 0 Å². The van der Waals surface area contributed by atoms with Crippen LogP contribution in [0.25, 0.3) is 0 Å². The molecular weight excluding hydrogens is 348 g/mol. The molecule has 2 aromatic rings. The summed E-state index contributed by atoms with van der Waals surface area (Å²) >= 11 is 0. The molecule has 1 heterocycles. The molecule has 1 aliphatic rings. The lowest BCUT2D eigenvalue weighted by atomic mass is 9.86. The van der Waals surface area contributed by atoms with Crippen molar-refractivity contribution >= 4 is 5.91 Å². The average molecular weight is 381 g/mol. The Hall–Kier alpha value is -2.33. The summed E-state index contributed by atoms with van der Waals surface area (Å²) < 4.78 is 5.23. The third-order valence-corrected chi connectivity index (χ3v) is 5.58. The Kier molecular flexibility index (Phi) is 6.09. The number of hydrogen-bond donors (Lipinski definition) is 0. The summed E-state index contributed by atoms with van der Waals surface area (Å²) in [4.78, 5) is 17.0. The predicted molar refractivity (Wildman–Crippen MR) is 114 cm³/mol. The Labute approximate surface area is 169 Å². The molecule has 1 atom stereocenters. The highest BCUT2D eigenvalue weighted by Gasteiger charge is 2.37. The van der Waals surface area contributed by atoms with Crippen LogP contribution in [0.15, 0.2) is 48.5 Å². The fourth-order valence-corrected chi connectivity index (χ4v) is 3.80. The summed E-state index contributed by atoms with van der Waals surface area (Å²) in [5.74, 6) is 1.07. The van der Waals surface area contributed by atoms with Crippen molar-refractivity contribution in [3.63, 3.8) is 0 Å². The van der Waals surface area contributed by atoms with E-state index in [9.17, 15) is 4.79 Å². The van der Waals surface area contributed by atoms with Crippen LogP contribution in [0.4, 0.5) is 0 Å². The highest BCUT2D eigenvalue weighted by atomic mass is 16.5. The first-order valence-electron chi connectivity index (χ1n) is 10.1. The fourth-order valence-electron chi connectivity index (χ4n) is 3.80. The van der Waals surface area contributed by atoms with Gasteiger partial charge in [-0.25, -0.2) is 0 Å². The van der Waals surface area contributed by atoms with Crippen molar-refractivity contribution < 1.29 is 9.53 Å². The largest absolute Gasteiger partial charge is 0.497 e. The number of methoxy groups -OCH3 is 1. The maximum Gasteiger partial charge on any atom is 0.238 e. The molecule has 0 N–H and O–H groups in total. The van der Waals surface area contributed by atoms with Gasteiger partial charge >= 0.3 is 0 Å². The maximum atomic E-state index is 12.7. The monoisotopic (exact) mass is 380 g/mol. The first-order valence-corrected chi connectivity index (χ1v) is 10.1. The molecule has 0 aromatic heterocycles. The van der Waals surface area contributed by atoms with Crippen LogP contribution in [-0.4, -0.2) is 42.5 Å². The lowest BCUT2D eigenvalue weighted by Gasteiger charge is -2.30. The number of carbonyl (C=O) groups excluding carboxylic acids is 1. The van der Waals surface area contributed by atoms with Crippen LogP contribution >= 0.6 is 0 Å². The number of hydrogen-bond acceptors (Lipinski definition) is 3. The topological polar surface area (TPSA) is 32.8 Å². The molecule has 0 spiro atoms. The van der Waals surface area contributed by atoms with Crippen LogP contribution in [0.3, 0.4) is 0 Å². The Morgan fingerprint density at radius 1 is 1.04 bits per heavy atom. The predicted octanol–water partition coefficient (Wildman–Crippen LogP) is 4.40. The smallest absolute Gasteiger partial charge is 0.238 e.